The van der Waals surface area contributed by atoms with Crippen LogP contribution in [0, 0.1) is 0 Å². The molecule has 2 amide bonds. The minimum atomic E-state index is -5.14. The number of pyridine rings is 1. The van der Waals surface area contributed by atoms with Crippen molar-refractivity contribution >= 4 is 17.6 Å². The van der Waals surface area contributed by atoms with Gasteiger partial charge in [-0.05, 0) is 31.2 Å². The first-order valence-electron chi connectivity index (χ1n) is 7.44. The normalized spacial score (nSPS) is 20.2. The number of amides is 2. The molecule has 2 aromatic heterocycles. The third-order valence-corrected chi connectivity index (χ3v) is 3.80. The maximum absolute atomic E-state index is 13.8. The first-order chi connectivity index (χ1) is 12.2. The van der Waals surface area contributed by atoms with E-state index in [1.54, 1.807) is 11.4 Å². The number of carbonyl (C=O) groups is 2. The van der Waals surface area contributed by atoms with Gasteiger partial charge in [0.05, 0.1) is 18.4 Å². The summed E-state index contributed by atoms with van der Waals surface area (Å²) < 4.78 is 46.3. The van der Waals surface area contributed by atoms with Crippen LogP contribution < -0.4 is 5.32 Å². The lowest BCUT2D eigenvalue weighted by molar-refractivity contribution is -0.196. The van der Waals surface area contributed by atoms with Gasteiger partial charge in [-0.3, -0.25) is 19.5 Å². The van der Waals surface area contributed by atoms with Crippen molar-refractivity contribution < 1.29 is 27.2 Å². The number of hydrogen-bond acceptors (Lipinski definition) is 5. The Balaban J connectivity index is 1.94. The van der Waals surface area contributed by atoms with Gasteiger partial charge in [-0.1, -0.05) is 0 Å². The highest BCUT2D eigenvalue weighted by Gasteiger charge is 2.66. The van der Waals surface area contributed by atoms with Crippen molar-refractivity contribution in [1.29, 1.82) is 0 Å². The van der Waals surface area contributed by atoms with Crippen LogP contribution in [0.1, 0.15) is 23.0 Å². The zero-order valence-corrected chi connectivity index (χ0v) is 13.4. The molecule has 0 aliphatic carbocycles. The predicted octanol–water partition coefficient (Wildman–Crippen LogP) is 2.12. The van der Waals surface area contributed by atoms with Gasteiger partial charge in [0, 0.05) is 12.4 Å². The van der Waals surface area contributed by atoms with Crippen molar-refractivity contribution in [3.05, 3.63) is 54.2 Å². The lowest BCUT2D eigenvalue weighted by Crippen LogP contribution is -2.63. The van der Waals surface area contributed by atoms with Gasteiger partial charge in [0.15, 0.2) is 0 Å². The van der Waals surface area contributed by atoms with Gasteiger partial charge in [0.2, 0.25) is 0 Å². The van der Waals surface area contributed by atoms with E-state index >= 15 is 0 Å². The molecule has 0 fully saturated rings. The summed E-state index contributed by atoms with van der Waals surface area (Å²) in [5.41, 5.74) is -3.52. The number of furan rings is 1. The largest absolute Gasteiger partial charge is 0.467 e. The molecule has 0 saturated heterocycles. The molecule has 0 saturated carbocycles. The van der Waals surface area contributed by atoms with Crippen LogP contribution in [-0.4, -0.2) is 39.4 Å². The number of aliphatic imine (C=N–C) groups is 1. The number of carbonyl (C=O) groups excluding carboxylic acids is 2. The summed E-state index contributed by atoms with van der Waals surface area (Å²) in [4.78, 5) is 32.8. The molecule has 1 unspecified atom stereocenters. The first-order valence-corrected chi connectivity index (χ1v) is 7.44. The summed E-state index contributed by atoms with van der Waals surface area (Å²) in [5.74, 6) is -2.42. The predicted molar refractivity (Wildman–Crippen MR) is 82.9 cm³/mol. The monoisotopic (exact) mass is 366 g/mol. The van der Waals surface area contributed by atoms with Crippen LogP contribution in [0.5, 0.6) is 0 Å². The smallest absolute Gasteiger partial charge is 0.442 e. The van der Waals surface area contributed by atoms with E-state index in [-0.39, 0.29) is 23.7 Å². The standard InChI is InChI=1S/C16H13F3N4O3/c1-10-21-15(16(17,18)19,22-13(24)11-4-2-6-20-8-11)14(25)23(10)9-12-5-3-7-26-12/h2-8H,9H2,1H3,(H,22,24). The van der Waals surface area contributed by atoms with Crippen molar-refractivity contribution in [2.24, 2.45) is 4.99 Å². The number of rotatable bonds is 4. The van der Waals surface area contributed by atoms with Gasteiger partial charge in [-0.2, -0.15) is 13.2 Å². The summed E-state index contributed by atoms with van der Waals surface area (Å²) >= 11 is 0. The fourth-order valence-electron chi connectivity index (χ4n) is 2.51. The summed E-state index contributed by atoms with van der Waals surface area (Å²) in [6.45, 7) is 1.02. The Bertz CT molecular complexity index is 849. The second-order valence-electron chi connectivity index (χ2n) is 5.53. The Morgan fingerprint density at radius 3 is 2.69 bits per heavy atom. The fourth-order valence-corrected chi connectivity index (χ4v) is 2.51. The van der Waals surface area contributed by atoms with Crippen LogP contribution >= 0.6 is 0 Å². The first kappa shape index (κ1) is 17.6. The maximum Gasteiger partial charge on any atom is 0.442 e. The Morgan fingerprint density at radius 2 is 2.12 bits per heavy atom. The fraction of sp³-hybridized carbons (Fsp3) is 0.250. The molecule has 10 heteroatoms. The van der Waals surface area contributed by atoms with Crippen molar-refractivity contribution in [3.8, 4) is 0 Å². The number of nitrogens with zero attached hydrogens (tertiary/aromatic N) is 3. The van der Waals surface area contributed by atoms with Gasteiger partial charge in [-0.15, -0.1) is 0 Å². The van der Waals surface area contributed by atoms with E-state index < -0.39 is 23.7 Å². The van der Waals surface area contributed by atoms with Crippen molar-refractivity contribution in [3.63, 3.8) is 0 Å². The molecule has 7 nitrogen and oxygen atoms in total. The highest BCUT2D eigenvalue weighted by atomic mass is 19.4. The molecule has 0 bridgehead atoms. The highest BCUT2D eigenvalue weighted by molar-refractivity contribution is 6.10. The van der Waals surface area contributed by atoms with Crippen LogP contribution in [0.4, 0.5) is 13.2 Å². The van der Waals surface area contributed by atoms with E-state index in [1.165, 1.54) is 37.6 Å². The molecule has 2 aromatic rings. The van der Waals surface area contributed by atoms with Crippen LogP contribution in [0.2, 0.25) is 0 Å². The molecule has 0 radical (unpaired) electrons. The molecule has 1 aliphatic rings. The Hall–Kier alpha value is -3.17. The van der Waals surface area contributed by atoms with Gasteiger partial charge < -0.3 is 9.73 Å². The van der Waals surface area contributed by atoms with E-state index in [4.69, 9.17) is 4.42 Å². The molecule has 1 atom stereocenters. The molecular weight excluding hydrogens is 353 g/mol. The van der Waals surface area contributed by atoms with Crippen LogP contribution in [-0.2, 0) is 11.3 Å². The molecule has 1 aliphatic heterocycles. The zero-order valence-electron chi connectivity index (χ0n) is 13.4. The summed E-state index contributed by atoms with van der Waals surface area (Å²) in [6, 6.07) is 5.73. The Morgan fingerprint density at radius 1 is 1.35 bits per heavy atom. The van der Waals surface area contributed by atoms with Crippen molar-refractivity contribution in [2.45, 2.75) is 25.3 Å². The van der Waals surface area contributed by atoms with Gasteiger partial charge in [0.1, 0.15) is 11.6 Å². The van der Waals surface area contributed by atoms with Gasteiger partial charge in [0.25, 0.3) is 11.8 Å². The molecule has 26 heavy (non-hydrogen) atoms. The topological polar surface area (TPSA) is 87.8 Å². The van der Waals surface area contributed by atoms with Gasteiger partial charge in [-0.25, -0.2) is 4.99 Å². The number of amidine groups is 1. The number of halogens is 3. The average Bonchev–Trinajstić information content (AvgIpc) is 3.18. The van der Waals surface area contributed by atoms with E-state index in [9.17, 15) is 22.8 Å². The zero-order chi connectivity index (χ0) is 18.9. The molecular formula is C16H13F3N4O3. The number of nitrogens with one attached hydrogen (secondary N) is 1. The van der Waals surface area contributed by atoms with E-state index in [0.29, 0.717) is 0 Å². The molecule has 0 spiro atoms. The molecule has 3 heterocycles. The molecule has 1 N–H and O–H groups in total. The molecule has 136 valence electrons. The number of aromatic nitrogens is 1. The summed E-state index contributed by atoms with van der Waals surface area (Å²) in [5, 5.41) is 1.73. The summed E-state index contributed by atoms with van der Waals surface area (Å²) in [6.07, 6.45) is -1.34. The average molecular weight is 366 g/mol. The quantitative estimate of drug-likeness (QED) is 0.898. The van der Waals surface area contributed by atoms with Crippen molar-refractivity contribution in [2.75, 3.05) is 0 Å². The number of alkyl halides is 3. The van der Waals surface area contributed by atoms with E-state index in [0.717, 1.165) is 11.1 Å². The summed E-state index contributed by atoms with van der Waals surface area (Å²) in [7, 11) is 0. The van der Waals surface area contributed by atoms with E-state index in [2.05, 4.69) is 9.98 Å². The lowest BCUT2D eigenvalue weighted by atomic mass is 10.1. The highest BCUT2D eigenvalue weighted by Crippen LogP contribution is 2.38. The second-order valence-corrected chi connectivity index (χ2v) is 5.53. The molecule has 3 rings (SSSR count). The third-order valence-electron chi connectivity index (χ3n) is 3.80. The van der Waals surface area contributed by atoms with E-state index in [1.807, 2.05) is 0 Å². The minimum absolute atomic E-state index is 0.124. The Kier molecular flexibility index (Phi) is 4.26. The third kappa shape index (κ3) is 2.93. The minimum Gasteiger partial charge on any atom is -0.467 e. The number of hydrogen-bond donors (Lipinski definition) is 1. The SMILES string of the molecule is CC1=NC(NC(=O)c2cccnc2)(C(F)(F)F)C(=O)N1Cc1ccco1. The second kappa shape index (κ2) is 6.28. The molecule has 0 aromatic carbocycles. The van der Waals surface area contributed by atoms with Crippen LogP contribution in [0.25, 0.3) is 0 Å². The van der Waals surface area contributed by atoms with Crippen molar-refractivity contribution in [1.82, 2.24) is 15.2 Å². The van der Waals surface area contributed by atoms with Gasteiger partial charge >= 0.3 is 11.8 Å². The van der Waals surface area contributed by atoms with Crippen LogP contribution in [0.3, 0.4) is 0 Å². The Labute approximate surface area is 145 Å². The maximum atomic E-state index is 13.8. The lowest BCUT2D eigenvalue weighted by Gasteiger charge is -2.29. The van der Waals surface area contributed by atoms with Crippen LogP contribution in [0.15, 0.2) is 52.3 Å².